The lowest BCUT2D eigenvalue weighted by atomic mass is 10.1. The highest BCUT2D eigenvalue weighted by Gasteiger charge is 2.07. The third-order valence-corrected chi connectivity index (χ3v) is 4.60. The zero-order chi connectivity index (χ0) is 18.4. The maximum Gasteiger partial charge on any atom is 0.139 e. The summed E-state index contributed by atoms with van der Waals surface area (Å²) in [4.78, 5) is 4.69. The van der Waals surface area contributed by atoms with Gasteiger partial charge in [-0.2, -0.15) is 0 Å². The van der Waals surface area contributed by atoms with E-state index in [1.54, 1.807) is 30.6 Å². The average molecular weight is 407 g/mol. The number of methoxy groups -OCH3 is 1. The summed E-state index contributed by atoms with van der Waals surface area (Å²) in [6.45, 7) is 0.0458. The molecule has 0 unspecified atom stereocenters. The van der Waals surface area contributed by atoms with Gasteiger partial charge in [0.1, 0.15) is 28.9 Å². The molecule has 4 nitrogen and oxygen atoms in total. The number of nitrogens with two attached hydrogens (primary N) is 1. The van der Waals surface area contributed by atoms with Gasteiger partial charge in [-0.1, -0.05) is 0 Å². The molecule has 3 aromatic rings. The van der Waals surface area contributed by atoms with E-state index >= 15 is 0 Å². The van der Waals surface area contributed by atoms with Gasteiger partial charge in [0.25, 0.3) is 0 Å². The smallest absolute Gasteiger partial charge is 0.139 e. The van der Waals surface area contributed by atoms with Crippen LogP contribution in [0.25, 0.3) is 21.8 Å². The zero-order valence-corrected chi connectivity index (χ0v) is 16.4. The first-order valence-electron chi connectivity index (χ1n) is 8.07. The summed E-state index contributed by atoms with van der Waals surface area (Å²) in [6.07, 6.45) is 1.30. The molecule has 7 heteroatoms. The van der Waals surface area contributed by atoms with Gasteiger partial charge in [0.2, 0.25) is 0 Å². The molecule has 1 aromatic heterocycles. The monoisotopic (exact) mass is 406 g/mol. The van der Waals surface area contributed by atoms with E-state index in [0.29, 0.717) is 5.75 Å². The summed E-state index contributed by atoms with van der Waals surface area (Å²) in [5, 5.41) is 2.94. The van der Waals surface area contributed by atoms with Gasteiger partial charge in [0, 0.05) is 23.1 Å². The van der Waals surface area contributed by atoms with Crippen LogP contribution in [0.5, 0.6) is 11.5 Å². The fraction of sp³-hybridized carbons (Fsp3) is 0.150. The van der Waals surface area contributed by atoms with E-state index in [4.69, 9.17) is 15.2 Å². The van der Waals surface area contributed by atoms with Gasteiger partial charge in [-0.3, -0.25) is 0 Å². The van der Waals surface area contributed by atoms with Crippen molar-refractivity contribution >= 4 is 23.7 Å². The molecule has 0 saturated heterocycles. The number of benzene rings is 2. The first-order chi connectivity index (χ1) is 12.7. The number of hydrogen-bond acceptors (Lipinski definition) is 5. The van der Waals surface area contributed by atoms with E-state index in [2.05, 4.69) is 4.98 Å². The molecule has 0 aliphatic rings. The Hall–Kier alpha value is -2.41. The molecule has 0 radical (unpaired) electrons. The molecule has 1 heterocycles. The zero-order valence-electron chi connectivity index (χ0n) is 14.7. The lowest BCUT2D eigenvalue weighted by Crippen LogP contribution is -2.01. The van der Waals surface area contributed by atoms with Crippen molar-refractivity contribution in [3.8, 4) is 33.3 Å². The van der Waals surface area contributed by atoms with Crippen LogP contribution in [0.1, 0.15) is 0 Å². The highest BCUT2D eigenvalue weighted by atomic mass is 35.5. The van der Waals surface area contributed by atoms with Crippen LogP contribution in [0, 0.1) is 0 Å². The second-order valence-corrected chi connectivity index (χ2v) is 6.32. The molecule has 3 rings (SSSR count). The minimum atomic E-state index is -0.374. The summed E-state index contributed by atoms with van der Waals surface area (Å²) in [7, 11) is 1.65. The maximum absolute atomic E-state index is 13.3. The Morgan fingerprint density at radius 2 is 1.70 bits per heavy atom. The van der Waals surface area contributed by atoms with Crippen molar-refractivity contribution in [2.75, 3.05) is 20.3 Å². The number of thiazole rings is 1. The van der Waals surface area contributed by atoms with Crippen LogP contribution >= 0.6 is 23.7 Å². The van der Waals surface area contributed by atoms with E-state index in [0.717, 1.165) is 27.6 Å². The van der Waals surface area contributed by atoms with Gasteiger partial charge in [-0.25, -0.2) is 9.37 Å². The summed E-state index contributed by atoms with van der Waals surface area (Å²) in [6, 6.07) is 15.2. The molecule has 27 heavy (non-hydrogen) atoms. The average Bonchev–Trinajstić information content (AvgIpc) is 3.17. The highest BCUT2D eigenvalue weighted by molar-refractivity contribution is 7.13. The van der Waals surface area contributed by atoms with Gasteiger partial charge in [-0.05, 0) is 54.6 Å². The summed E-state index contributed by atoms with van der Waals surface area (Å²) < 4.78 is 23.8. The molecule has 0 atom stereocenters. The number of halogens is 2. The molecule has 0 bridgehead atoms. The van der Waals surface area contributed by atoms with Crippen LogP contribution in [0.4, 0.5) is 4.39 Å². The van der Waals surface area contributed by atoms with Crippen molar-refractivity contribution in [3.05, 3.63) is 65.8 Å². The minimum Gasteiger partial charge on any atom is -0.497 e. The Morgan fingerprint density at radius 1 is 1.07 bits per heavy atom. The van der Waals surface area contributed by atoms with Gasteiger partial charge in [0.05, 0.1) is 12.8 Å². The molecule has 0 aliphatic heterocycles. The fourth-order valence-electron chi connectivity index (χ4n) is 2.33. The quantitative estimate of drug-likeness (QED) is 0.593. The largest absolute Gasteiger partial charge is 0.497 e. The summed E-state index contributed by atoms with van der Waals surface area (Å²) in [5.74, 6) is 1.04. The van der Waals surface area contributed by atoms with Crippen molar-refractivity contribution in [1.82, 2.24) is 4.98 Å². The lowest BCUT2D eigenvalue weighted by Gasteiger charge is -2.05. The number of aromatic nitrogens is 1. The second-order valence-electron chi connectivity index (χ2n) is 5.47. The molecular formula is C20H20ClFN2O2S. The second kappa shape index (κ2) is 10.1. The normalized spacial score (nSPS) is 11.0. The number of rotatable bonds is 7. The molecule has 2 N–H and O–H groups in total. The van der Waals surface area contributed by atoms with Gasteiger partial charge in [-0.15, -0.1) is 23.7 Å². The predicted octanol–water partition coefficient (Wildman–Crippen LogP) is 5.10. The van der Waals surface area contributed by atoms with Crippen LogP contribution in [-0.2, 0) is 0 Å². The summed E-state index contributed by atoms with van der Waals surface area (Å²) >= 11 is 1.57. The summed E-state index contributed by atoms with van der Waals surface area (Å²) in [5.41, 5.74) is 8.20. The Morgan fingerprint density at radius 3 is 2.33 bits per heavy atom. The molecule has 142 valence electrons. The Balaban J connectivity index is 0.00000261. The van der Waals surface area contributed by atoms with Crippen LogP contribution in [0.2, 0.25) is 0 Å². The SMILES string of the molecule is COc1ccc(-c2csc(-c3ccc(OCC(F)=CCN)cc3)n2)cc1.Cl. The molecule has 0 aliphatic carbocycles. The standard InChI is InChI=1S/C20H19FN2O2S.ClH/c1-24-17-6-2-14(3-7-17)19-13-26-20(23-19)15-4-8-18(9-5-15)25-12-16(21)10-11-22;/h2-10,13H,11-12,22H2,1H3;1H. The highest BCUT2D eigenvalue weighted by Crippen LogP contribution is 2.30. The molecule has 0 amide bonds. The van der Waals surface area contributed by atoms with Crippen molar-refractivity contribution < 1.29 is 13.9 Å². The molecule has 0 saturated carbocycles. The number of hydrogen-bond donors (Lipinski definition) is 1. The molecule has 2 aromatic carbocycles. The molecule has 0 spiro atoms. The van der Waals surface area contributed by atoms with Crippen LogP contribution in [0.3, 0.4) is 0 Å². The van der Waals surface area contributed by atoms with Gasteiger partial charge < -0.3 is 15.2 Å². The third-order valence-electron chi connectivity index (χ3n) is 3.71. The van der Waals surface area contributed by atoms with E-state index < -0.39 is 0 Å². The van der Waals surface area contributed by atoms with Crippen LogP contribution < -0.4 is 15.2 Å². The predicted molar refractivity (Wildman–Crippen MR) is 111 cm³/mol. The number of ether oxygens (including phenoxy) is 2. The fourth-order valence-corrected chi connectivity index (χ4v) is 3.17. The maximum atomic E-state index is 13.3. The van der Waals surface area contributed by atoms with Crippen molar-refractivity contribution in [2.24, 2.45) is 5.73 Å². The third kappa shape index (κ3) is 5.53. The molecular weight excluding hydrogens is 387 g/mol. The first-order valence-corrected chi connectivity index (χ1v) is 8.95. The van der Waals surface area contributed by atoms with Crippen molar-refractivity contribution in [2.45, 2.75) is 0 Å². The van der Waals surface area contributed by atoms with Crippen LogP contribution in [0.15, 0.2) is 65.8 Å². The lowest BCUT2D eigenvalue weighted by molar-refractivity contribution is 0.318. The topological polar surface area (TPSA) is 57.4 Å². The Labute approximate surface area is 167 Å². The molecule has 0 fully saturated rings. The van der Waals surface area contributed by atoms with E-state index in [1.807, 2.05) is 41.8 Å². The minimum absolute atomic E-state index is 0. The van der Waals surface area contributed by atoms with E-state index in [-0.39, 0.29) is 31.4 Å². The van der Waals surface area contributed by atoms with Crippen molar-refractivity contribution in [3.63, 3.8) is 0 Å². The van der Waals surface area contributed by atoms with Gasteiger partial charge in [0.15, 0.2) is 0 Å². The Bertz CT molecular complexity index is 880. The first kappa shape index (κ1) is 20.9. The van der Waals surface area contributed by atoms with Crippen LogP contribution in [-0.4, -0.2) is 25.2 Å². The van der Waals surface area contributed by atoms with Gasteiger partial charge >= 0.3 is 0 Å². The number of nitrogens with zero attached hydrogens (tertiary/aromatic N) is 1. The Kier molecular flexibility index (Phi) is 7.79. The van der Waals surface area contributed by atoms with Crippen molar-refractivity contribution in [1.29, 1.82) is 0 Å². The van der Waals surface area contributed by atoms with E-state index in [9.17, 15) is 4.39 Å². The van der Waals surface area contributed by atoms with E-state index in [1.165, 1.54) is 6.08 Å².